The summed E-state index contributed by atoms with van der Waals surface area (Å²) < 4.78 is 34.8. The van der Waals surface area contributed by atoms with Crippen molar-refractivity contribution in [3.63, 3.8) is 0 Å². The number of amides is 1. The summed E-state index contributed by atoms with van der Waals surface area (Å²) >= 11 is 0. The van der Waals surface area contributed by atoms with E-state index in [4.69, 9.17) is 4.74 Å². The Labute approximate surface area is 171 Å². The van der Waals surface area contributed by atoms with Crippen molar-refractivity contribution in [2.24, 2.45) is 7.05 Å². The van der Waals surface area contributed by atoms with Crippen molar-refractivity contribution in [2.45, 2.75) is 6.54 Å². The number of halogens is 2. The van der Waals surface area contributed by atoms with E-state index in [2.05, 4.69) is 5.32 Å². The van der Waals surface area contributed by atoms with Gasteiger partial charge in [0.25, 0.3) is 5.91 Å². The smallest absolute Gasteiger partial charge is 0.257 e. The van der Waals surface area contributed by atoms with Crippen LogP contribution in [0, 0.1) is 11.6 Å². The van der Waals surface area contributed by atoms with Crippen molar-refractivity contribution < 1.29 is 18.3 Å². The van der Waals surface area contributed by atoms with Crippen LogP contribution in [0.5, 0.6) is 0 Å². The summed E-state index contributed by atoms with van der Waals surface area (Å²) in [5.41, 5.74) is 1.04. The van der Waals surface area contributed by atoms with Crippen LogP contribution in [-0.2, 0) is 18.3 Å². The zero-order valence-electron chi connectivity index (χ0n) is 16.5. The van der Waals surface area contributed by atoms with Gasteiger partial charge >= 0.3 is 0 Å². The fourth-order valence-corrected chi connectivity index (χ4v) is 3.58. The molecule has 1 saturated heterocycles. The molecule has 1 amide bonds. The second-order valence-electron chi connectivity index (χ2n) is 7.21. The third-order valence-corrected chi connectivity index (χ3v) is 5.22. The number of carbonyl (C=O) groups excluding carboxylic acids is 1. The molecule has 0 unspecified atom stereocenters. The lowest BCUT2D eigenvalue weighted by molar-refractivity contribution is 0.0949. The molecule has 1 aromatic heterocycles. The van der Waals surface area contributed by atoms with Gasteiger partial charge in [0.1, 0.15) is 17.2 Å². The van der Waals surface area contributed by atoms with E-state index >= 15 is 0 Å². The Bertz CT molecular complexity index is 1150. The SMILES string of the molecule is Cn1cc(C(=O)NCc2ccc(F)cc2)c(=O)c2cc(F)c(N3CCOCC3)cc21. The molecule has 6 nitrogen and oxygen atoms in total. The normalized spacial score (nSPS) is 14.2. The number of aromatic nitrogens is 1. The molecule has 1 aliphatic heterocycles. The van der Waals surface area contributed by atoms with Crippen LogP contribution in [0.15, 0.2) is 47.4 Å². The summed E-state index contributed by atoms with van der Waals surface area (Å²) in [6, 6.07) is 8.53. The first-order valence-corrected chi connectivity index (χ1v) is 9.62. The number of rotatable bonds is 4. The first-order chi connectivity index (χ1) is 14.4. The molecule has 1 fully saturated rings. The second-order valence-corrected chi connectivity index (χ2v) is 7.21. The van der Waals surface area contributed by atoms with Crippen LogP contribution in [0.4, 0.5) is 14.5 Å². The van der Waals surface area contributed by atoms with E-state index in [1.54, 1.807) is 29.8 Å². The van der Waals surface area contributed by atoms with Gasteiger partial charge in [0.15, 0.2) is 0 Å². The number of benzene rings is 2. The van der Waals surface area contributed by atoms with Crippen molar-refractivity contribution in [3.05, 3.63) is 75.6 Å². The molecule has 0 spiro atoms. The number of fused-ring (bicyclic) bond motifs is 1. The van der Waals surface area contributed by atoms with Gasteiger partial charge in [0.2, 0.25) is 5.43 Å². The first-order valence-electron chi connectivity index (χ1n) is 9.62. The Morgan fingerprint density at radius 3 is 2.53 bits per heavy atom. The van der Waals surface area contributed by atoms with Crippen LogP contribution in [0.2, 0.25) is 0 Å². The van der Waals surface area contributed by atoms with Crippen LogP contribution < -0.4 is 15.6 Å². The highest BCUT2D eigenvalue weighted by Gasteiger charge is 2.20. The van der Waals surface area contributed by atoms with Crippen molar-refractivity contribution in [1.29, 1.82) is 0 Å². The molecule has 1 aliphatic rings. The van der Waals surface area contributed by atoms with Crippen LogP contribution in [0.25, 0.3) is 10.9 Å². The summed E-state index contributed by atoms with van der Waals surface area (Å²) in [4.78, 5) is 27.4. The van der Waals surface area contributed by atoms with Gasteiger partial charge in [-0.3, -0.25) is 9.59 Å². The third-order valence-electron chi connectivity index (χ3n) is 5.22. The molecule has 30 heavy (non-hydrogen) atoms. The van der Waals surface area contributed by atoms with Gasteiger partial charge in [0, 0.05) is 38.3 Å². The second kappa shape index (κ2) is 8.23. The lowest BCUT2D eigenvalue weighted by Crippen LogP contribution is -2.37. The number of anilines is 1. The highest BCUT2D eigenvalue weighted by Crippen LogP contribution is 2.25. The Morgan fingerprint density at radius 1 is 1.13 bits per heavy atom. The number of carbonyl (C=O) groups is 1. The molecule has 8 heteroatoms. The van der Waals surface area contributed by atoms with Gasteiger partial charge in [-0.15, -0.1) is 0 Å². The minimum atomic E-state index is -0.570. The number of nitrogens with one attached hydrogen (secondary N) is 1. The van der Waals surface area contributed by atoms with E-state index in [9.17, 15) is 18.4 Å². The number of nitrogens with zero attached hydrogens (tertiary/aromatic N) is 2. The van der Waals surface area contributed by atoms with Crippen LogP contribution in [0.3, 0.4) is 0 Å². The maximum Gasteiger partial charge on any atom is 0.257 e. The fourth-order valence-electron chi connectivity index (χ4n) is 3.58. The number of morpholine rings is 1. The molecule has 1 N–H and O–H groups in total. The lowest BCUT2D eigenvalue weighted by atomic mass is 10.1. The molecule has 0 atom stereocenters. The highest BCUT2D eigenvalue weighted by molar-refractivity contribution is 5.97. The van der Waals surface area contributed by atoms with Crippen molar-refractivity contribution in [1.82, 2.24) is 9.88 Å². The van der Waals surface area contributed by atoms with E-state index in [0.29, 0.717) is 43.1 Å². The van der Waals surface area contributed by atoms with Gasteiger partial charge in [-0.25, -0.2) is 8.78 Å². The topological polar surface area (TPSA) is 63.6 Å². The predicted octanol–water partition coefficient (Wildman–Crippen LogP) is 2.58. The van der Waals surface area contributed by atoms with Gasteiger partial charge in [-0.05, 0) is 29.8 Å². The Hall–Kier alpha value is -3.26. The van der Waals surface area contributed by atoms with Gasteiger partial charge in [0.05, 0.1) is 24.4 Å². The largest absolute Gasteiger partial charge is 0.378 e. The van der Waals surface area contributed by atoms with Gasteiger partial charge in [-0.2, -0.15) is 0 Å². The monoisotopic (exact) mass is 413 g/mol. The quantitative estimate of drug-likeness (QED) is 0.714. The zero-order valence-corrected chi connectivity index (χ0v) is 16.5. The number of pyridine rings is 1. The fraction of sp³-hybridized carbons (Fsp3) is 0.273. The number of aryl methyl sites for hydroxylation is 1. The van der Waals surface area contributed by atoms with Crippen LogP contribution in [0.1, 0.15) is 15.9 Å². The summed E-state index contributed by atoms with van der Waals surface area (Å²) in [5.74, 6) is -1.45. The summed E-state index contributed by atoms with van der Waals surface area (Å²) in [6.45, 7) is 2.32. The summed E-state index contributed by atoms with van der Waals surface area (Å²) in [6.07, 6.45) is 1.45. The number of hydrogen-bond donors (Lipinski definition) is 1. The molecule has 2 heterocycles. The number of hydrogen-bond acceptors (Lipinski definition) is 4. The average molecular weight is 413 g/mol. The predicted molar refractivity (Wildman–Crippen MR) is 110 cm³/mol. The Balaban J connectivity index is 1.64. The molecular formula is C22H21F2N3O3. The minimum Gasteiger partial charge on any atom is -0.378 e. The van der Waals surface area contributed by atoms with E-state index in [1.807, 2.05) is 4.90 Å². The maximum absolute atomic E-state index is 14.8. The molecule has 0 radical (unpaired) electrons. The Morgan fingerprint density at radius 2 is 1.83 bits per heavy atom. The molecule has 156 valence electrons. The molecule has 2 aromatic carbocycles. The highest BCUT2D eigenvalue weighted by atomic mass is 19.1. The molecule has 0 bridgehead atoms. The molecule has 0 saturated carbocycles. The van der Waals surface area contributed by atoms with E-state index in [1.165, 1.54) is 24.4 Å². The van der Waals surface area contributed by atoms with Crippen molar-refractivity contribution >= 4 is 22.5 Å². The molecular weight excluding hydrogens is 392 g/mol. The molecule has 0 aliphatic carbocycles. The first kappa shape index (κ1) is 20.0. The molecule has 3 aromatic rings. The standard InChI is InChI=1S/C22H21F2N3O3/c1-26-13-17(22(29)25-12-14-2-4-15(23)5-3-14)21(28)16-10-18(24)20(11-19(16)26)27-6-8-30-9-7-27/h2-5,10-11,13H,6-9,12H2,1H3,(H,25,29). The summed E-state index contributed by atoms with van der Waals surface area (Å²) in [5, 5.41) is 2.79. The minimum absolute atomic E-state index is 0.0781. The van der Waals surface area contributed by atoms with Crippen LogP contribution >= 0.6 is 0 Å². The van der Waals surface area contributed by atoms with Gasteiger partial charge < -0.3 is 19.5 Å². The van der Waals surface area contributed by atoms with E-state index in [0.717, 1.165) is 0 Å². The van der Waals surface area contributed by atoms with Crippen LogP contribution in [-0.4, -0.2) is 36.8 Å². The maximum atomic E-state index is 14.8. The van der Waals surface area contributed by atoms with Gasteiger partial charge in [-0.1, -0.05) is 12.1 Å². The summed E-state index contributed by atoms with van der Waals surface area (Å²) in [7, 11) is 1.71. The lowest BCUT2D eigenvalue weighted by Gasteiger charge is -2.29. The van der Waals surface area contributed by atoms with E-state index in [-0.39, 0.29) is 23.3 Å². The molecule has 4 rings (SSSR count). The van der Waals surface area contributed by atoms with Crippen molar-refractivity contribution in [2.75, 3.05) is 31.2 Å². The van der Waals surface area contributed by atoms with E-state index < -0.39 is 17.2 Å². The zero-order chi connectivity index (χ0) is 21.3. The van der Waals surface area contributed by atoms with Crippen molar-refractivity contribution in [3.8, 4) is 0 Å². The average Bonchev–Trinajstić information content (AvgIpc) is 2.76. The Kier molecular flexibility index (Phi) is 5.50. The number of ether oxygens (including phenoxy) is 1. The third kappa shape index (κ3) is 3.91.